The Morgan fingerprint density at radius 1 is 1.44 bits per heavy atom. The van der Waals surface area contributed by atoms with Crippen LogP contribution in [0.5, 0.6) is 0 Å². The van der Waals surface area contributed by atoms with Gasteiger partial charge >= 0.3 is 12.3 Å². The molecule has 0 bridgehead atoms. The highest BCUT2D eigenvalue weighted by Gasteiger charge is 2.49. The quantitative estimate of drug-likeness (QED) is 0.711. The summed E-state index contributed by atoms with van der Waals surface area (Å²) in [5.74, 6) is -6.00. The molecule has 0 spiro atoms. The topological polar surface area (TPSA) is 29.1 Å². The van der Waals surface area contributed by atoms with Gasteiger partial charge in [0.05, 0.1) is 0 Å². The zero-order valence-corrected chi connectivity index (χ0v) is 8.98. The van der Waals surface area contributed by atoms with E-state index in [1.807, 2.05) is 5.32 Å². The Kier molecular flexibility index (Phi) is 4.15. The molecule has 1 fully saturated rings. The molecule has 1 saturated carbocycles. The maximum absolute atomic E-state index is 12.6. The summed E-state index contributed by atoms with van der Waals surface area (Å²) in [5, 5.41) is 1.99. The fourth-order valence-corrected chi connectivity index (χ4v) is 1.46. The molecule has 0 saturated heterocycles. The van der Waals surface area contributed by atoms with Gasteiger partial charge in [0.25, 0.3) is 5.91 Å². The van der Waals surface area contributed by atoms with E-state index in [0.29, 0.717) is 18.8 Å². The van der Waals surface area contributed by atoms with E-state index in [1.54, 1.807) is 6.92 Å². The van der Waals surface area contributed by atoms with Gasteiger partial charge in [-0.15, -0.1) is 0 Å². The monoisotopic (exact) mass is 241 g/mol. The Hall–Kier alpha value is -0.810. The van der Waals surface area contributed by atoms with E-state index in [0.717, 1.165) is 12.8 Å². The van der Waals surface area contributed by atoms with E-state index >= 15 is 0 Å². The molecule has 0 aromatic heterocycles. The van der Waals surface area contributed by atoms with Crippen LogP contribution in [0.1, 0.15) is 32.6 Å². The molecule has 0 aromatic rings. The molecule has 16 heavy (non-hydrogen) atoms. The van der Waals surface area contributed by atoms with Crippen molar-refractivity contribution in [1.29, 1.82) is 0 Å². The number of hydrogen-bond donors (Lipinski definition) is 1. The molecule has 0 radical (unpaired) electrons. The molecular weight excluding hydrogens is 226 g/mol. The Bertz CT molecular complexity index is 253. The fourth-order valence-electron chi connectivity index (χ4n) is 1.46. The summed E-state index contributed by atoms with van der Waals surface area (Å²) < 4.78 is 49.0. The number of amides is 1. The van der Waals surface area contributed by atoms with Crippen LogP contribution in [-0.4, -0.2) is 24.3 Å². The van der Waals surface area contributed by atoms with Gasteiger partial charge in [0.2, 0.25) is 0 Å². The van der Waals surface area contributed by atoms with Crippen molar-refractivity contribution in [2.45, 2.75) is 51.0 Å². The smallest absolute Gasteiger partial charge is 0.348 e. The van der Waals surface area contributed by atoms with E-state index in [1.165, 1.54) is 0 Å². The van der Waals surface area contributed by atoms with Gasteiger partial charge in [-0.1, -0.05) is 19.8 Å². The highest BCUT2D eigenvalue weighted by molar-refractivity contribution is 5.84. The normalized spacial score (nSPS) is 18.6. The summed E-state index contributed by atoms with van der Waals surface area (Å²) in [6, 6.07) is -0.426. The second-order valence-electron chi connectivity index (χ2n) is 4.18. The minimum Gasteiger partial charge on any atom is -0.348 e. The third-order valence-electron chi connectivity index (χ3n) is 2.72. The molecule has 6 heteroatoms. The van der Waals surface area contributed by atoms with Crippen LogP contribution in [0.15, 0.2) is 0 Å². The Morgan fingerprint density at radius 2 is 2.00 bits per heavy atom. The molecule has 0 aliphatic heterocycles. The first kappa shape index (κ1) is 13.3. The summed E-state index contributed by atoms with van der Waals surface area (Å²) in [7, 11) is 0. The maximum Gasteiger partial charge on any atom is 0.383 e. The van der Waals surface area contributed by atoms with E-state index in [4.69, 9.17) is 0 Å². The van der Waals surface area contributed by atoms with Gasteiger partial charge in [-0.25, -0.2) is 8.78 Å². The second kappa shape index (κ2) is 5.01. The predicted octanol–water partition coefficient (Wildman–Crippen LogP) is 2.58. The van der Waals surface area contributed by atoms with E-state index in [9.17, 15) is 22.4 Å². The van der Waals surface area contributed by atoms with Gasteiger partial charge in [0.1, 0.15) is 0 Å². The average molecular weight is 241 g/mol. The van der Waals surface area contributed by atoms with Crippen molar-refractivity contribution < 1.29 is 22.4 Å². The molecule has 1 unspecified atom stereocenters. The molecule has 1 amide bonds. The third-order valence-corrected chi connectivity index (χ3v) is 2.72. The zero-order valence-electron chi connectivity index (χ0n) is 8.98. The number of halogens is 4. The van der Waals surface area contributed by atoms with Gasteiger partial charge in [-0.05, 0) is 18.8 Å². The molecule has 1 rings (SSSR count). The van der Waals surface area contributed by atoms with Crippen molar-refractivity contribution >= 4 is 5.91 Å². The van der Waals surface area contributed by atoms with Crippen molar-refractivity contribution in [2.75, 3.05) is 0 Å². The summed E-state index contributed by atoms with van der Waals surface area (Å²) in [6.07, 6.45) is -0.829. The van der Waals surface area contributed by atoms with Crippen LogP contribution in [0.3, 0.4) is 0 Å². The van der Waals surface area contributed by atoms with Crippen LogP contribution in [-0.2, 0) is 4.79 Å². The molecule has 2 nitrogen and oxygen atoms in total. The Morgan fingerprint density at radius 3 is 2.38 bits per heavy atom. The lowest BCUT2D eigenvalue weighted by molar-refractivity contribution is -0.170. The van der Waals surface area contributed by atoms with Crippen LogP contribution < -0.4 is 5.32 Å². The molecule has 94 valence electrons. The van der Waals surface area contributed by atoms with Crippen molar-refractivity contribution in [2.24, 2.45) is 5.92 Å². The van der Waals surface area contributed by atoms with Gasteiger partial charge in [0.15, 0.2) is 0 Å². The third kappa shape index (κ3) is 3.35. The molecule has 0 heterocycles. The summed E-state index contributed by atoms with van der Waals surface area (Å²) in [6.45, 7) is 1.73. The van der Waals surface area contributed by atoms with E-state index < -0.39 is 24.3 Å². The molecule has 1 aliphatic rings. The second-order valence-corrected chi connectivity index (χ2v) is 4.18. The first-order valence-electron chi connectivity index (χ1n) is 5.34. The van der Waals surface area contributed by atoms with Crippen LogP contribution >= 0.6 is 0 Å². The summed E-state index contributed by atoms with van der Waals surface area (Å²) in [5.41, 5.74) is 0. The van der Waals surface area contributed by atoms with Crippen molar-refractivity contribution in [3.8, 4) is 0 Å². The van der Waals surface area contributed by atoms with Crippen molar-refractivity contribution in [1.82, 2.24) is 5.32 Å². The van der Waals surface area contributed by atoms with Crippen LogP contribution in [0.4, 0.5) is 17.6 Å². The van der Waals surface area contributed by atoms with E-state index in [-0.39, 0.29) is 0 Å². The number of alkyl halides is 4. The number of nitrogens with one attached hydrogen (secondary N) is 1. The van der Waals surface area contributed by atoms with Crippen molar-refractivity contribution in [3.05, 3.63) is 0 Å². The maximum atomic E-state index is 12.6. The lowest BCUT2D eigenvalue weighted by Gasteiger charge is -2.20. The van der Waals surface area contributed by atoms with Gasteiger partial charge < -0.3 is 5.32 Å². The van der Waals surface area contributed by atoms with Gasteiger partial charge in [-0.2, -0.15) is 8.78 Å². The lowest BCUT2D eigenvalue weighted by Crippen LogP contribution is -2.49. The highest BCUT2D eigenvalue weighted by atomic mass is 19.3. The first-order valence-corrected chi connectivity index (χ1v) is 5.34. The van der Waals surface area contributed by atoms with Crippen LogP contribution in [0, 0.1) is 5.92 Å². The summed E-state index contributed by atoms with van der Waals surface area (Å²) in [4.78, 5) is 10.9. The Balaban J connectivity index is 2.46. The number of rotatable bonds is 6. The Labute approximate surface area is 91.4 Å². The predicted molar refractivity (Wildman–Crippen MR) is 50.5 cm³/mol. The number of carbonyl (C=O) groups is 1. The largest absolute Gasteiger partial charge is 0.383 e. The molecule has 1 aliphatic carbocycles. The molecule has 1 atom stereocenters. The lowest BCUT2D eigenvalue weighted by atomic mass is 10.1. The highest BCUT2D eigenvalue weighted by Crippen LogP contribution is 2.34. The fraction of sp³-hybridized carbons (Fsp3) is 0.900. The van der Waals surface area contributed by atoms with Crippen molar-refractivity contribution in [3.63, 3.8) is 0 Å². The average Bonchev–Trinajstić information content (AvgIpc) is 3.00. The molecular formula is C10H15F4NO. The van der Waals surface area contributed by atoms with Crippen LogP contribution in [0.2, 0.25) is 0 Å². The zero-order chi connectivity index (χ0) is 12.3. The minimum atomic E-state index is -4.59. The van der Waals surface area contributed by atoms with E-state index in [2.05, 4.69) is 0 Å². The number of hydrogen-bond acceptors (Lipinski definition) is 1. The SMILES string of the molecule is CCC(CC1CC1)NC(=O)C(F)(F)C(F)F. The minimum absolute atomic E-state index is 0.426. The first-order chi connectivity index (χ1) is 7.37. The van der Waals surface area contributed by atoms with Crippen LogP contribution in [0.25, 0.3) is 0 Å². The molecule has 0 aromatic carbocycles. The standard InChI is InChI=1S/C10H15F4NO/c1-2-7(5-6-3-4-6)15-9(16)10(13,14)8(11)12/h6-8H,2-5H2,1H3,(H,15,16). The van der Waals surface area contributed by atoms with Gasteiger partial charge in [-0.3, -0.25) is 4.79 Å². The summed E-state index contributed by atoms with van der Waals surface area (Å²) >= 11 is 0. The number of carbonyl (C=O) groups excluding carboxylic acids is 1. The van der Waals surface area contributed by atoms with Gasteiger partial charge in [0, 0.05) is 6.04 Å². The molecule has 1 N–H and O–H groups in total.